The van der Waals surface area contributed by atoms with Gasteiger partial charge in [0, 0.05) is 10.6 Å². The second kappa shape index (κ2) is 7.45. The summed E-state index contributed by atoms with van der Waals surface area (Å²) in [4.78, 5) is 29.2. The van der Waals surface area contributed by atoms with Crippen molar-refractivity contribution in [3.05, 3.63) is 52.1 Å². The Labute approximate surface area is 145 Å². The van der Waals surface area contributed by atoms with Crippen molar-refractivity contribution in [1.82, 2.24) is 0 Å². The number of hydrogen-bond acceptors (Lipinski definition) is 5. The summed E-state index contributed by atoms with van der Waals surface area (Å²) in [6.45, 7) is 5.57. The molecule has 0 fully saturated rings. The lowest BCUT2D eigenvalue weighted by Gasteiger charge is -2.14. The molecule has 0 saturated heterocycles. The highest BCUT2D eigenvalue weighted by Gasteiger charge is 2.20. The highest BCUT2D eigenvalue weighted by molar-refractivity contribution is 6.31. The third-order valence-electron chi connectivity index (χ3n) is 3.56. The van der Waals surface area contributed by atoms with Crippen molar-refractivity contribution < 1.29 is 19.2 Å². The van der Waals surface area contributed by atoms with Crippen LogP contribution in [-0.2, 0) is 9.63 Å². The summed E-state index contributed by atoms with van der Waals surface area (Å²) >= 11 is 5.90. The summed E-state index contributed by atoms with van der Waals surface area (Å²) < 4.78 is 5.12. The zero-order chi connectivity index (χ0) is 17.9. The number of benzene rings is 1. The maximum Gasteiger partial charge on any atom is 0.369 e. The lowest BCUT2D eigenvalue weighted by molar-refractivity contribution is -0.111. The Balaban J connectivity index is 2.27. The van der Waals surface area contributed by atoms with Crippen molar-refractivity contribution in [2.75, 3.05) is 7.11 Å². The Morgan fingerprint density at radius 2 is 1.96 bits per heavy atom. The Bertz CT molecular complexity index is 775. The van der Waals surface area contributed by atoms with E-state index in [4.69, 9.17) is 21.2 Å². The molecule has 2 rings (SSSR count). The molecule has 1 aromatic rings. The minimum atomic E-state index is -0.689. The van der Waals surface area contributed by atoms with E-state index < -0.39 is 5.97 Å². The van der Waals surface area contributed by atoms with Gasteiger partial charge in [-0.1, -0.05) is 30.6 Å². The molecule has 0 radical (unpaired) electrons. The fraction of sp³-hybridized carbons (Fsp3) is 0.278. The predicted molar refractivity (Wildman–Crippen MR) is 92.5 cm³/mol. The highest BCUT2D eigenvalue weighted by atomic mass is 35.5. The zero-order valence-electron chi connectivity index (χ0n) is 13.9. The van der Waals surface area contributed by atoms with Crippen molar-refractivity contribution in [3.8, 4) is 5.75 Å². The summed E-state index contributed by atoms with van der Waals surface area (Å²) in [5, 5.41) is 4.27. The monoisotopic (exact) mass is 347 g/mol. The molecule has 24 heavy (non-hydrogen) atoms. The second-order valence-corrected chi connectivity index (χ2v) is 6.08. The van der Waals surface area contributed by atoms with Crippen molar-refractivity contribution in [1.29, 1.82) is 0 Å². The number of ketones is 1. The third kappa shape index (κ3) is 3.92. The third-order valence-corrected chi connectivity index (χ3v) is 3.79. The number of carbonyl (C=O) groups is 2. The molecule has 0 unspecified atom stereocenters. The number of halogens is 1. The van der Waals surface area contributed by atoms with Gasteiger partial charge in [-0.15, -0.1) is 0 Å². The molecular weight excluding hydrogens is 330 g/mol. The molecule has 0 heterocycles. The van der Waals surface area contributed by atoms with Crippen LogP contribution in [0.1, 0.15) is 31.1 Å². The number of ether oxygens (including phenoxy) is 1. The van der Waals surface area contributed by atoms with Crippen LogP contribution in [-0.4, -0.2) is 24.6 Å². The van der Waals surface area contributed by atoms with Crippen molar-refractivity contribution >= 4 is 29.1 Å². The first kappa shape index (κ1) is 17.9. The van der Waals surface area contributed by atoms with Crippen molar-refractivity contribution in [3.63, 3.8) is 0 Å². The molecule has 126 valence electrons. The number of rotatable bonds is 4. The van der Waals surface area contributed by atoms with Gasteiger partial charge in [-0.25, -0.2) is 4.79 Å². The predicted octanol–water partition coefficient (Wildman–Crippen LogP) is 3.97. The minimum Gasteiger partial charge on any atom is -0.496 e. The van der Waals surface area contributed by atoms with Gasteiger partial charge in [0.1, 0.15) is 17.0 Å². The van der Waals surface area contributed by atoms with Gasteiger partial charge in [0.15, 0.2) is 5.78 Å². The van der Waals surface area contributed by atoms with Crippen LogP contribution in [0.5, 0.6) is 5.75 Å². The Morgan fingerprint density at radius 1 is 1.25 bits per heavy atom. The highest BCUT2D eigenvalue weighted by Crippen LogP contribution is 2.24. The standard InChI is InChI=1S/C18H18ClNO4/c1-10(2)13-9-15(11(3)7-16(13)21)20-24-18(22)14-8-12(19)5-6-17(14)23-4/h5-10H,1-4H3. The van der Waals surface area contributed by atoms with Crippen LogP contribution < -0.4 is 4.74 Å². The smallest absolute Gasteiger partial charge is 0.369 e. The van der Waals surface area contributed by atoms with Crippen molar-refractivity contribution in [2.45, 2.75) is 20.8 Å². The largest absolute Gasteiger partial charge is 0.496 e. The minimum absolute atomic E-state index is 0.0516. The van der Waals surface area contributed by atoms with Gasteiger partial charge in [0.25, 0.3) is 0 Å². The number of methoxy groups -OCH3 is 1. The van der Waals surface area contributed by atoms with Gasteiger partial charge in [0.05, 0.1) is 7.11 Å². The first-order valence-electron chi connectivity index (χ1n) is 7.41. The quantitative estimate of drug-likeness (QED) is 0.469. The van der Waals surface area contributed by atoms with Crippen LogP contribution in [0.3, 0.4) is 0 Å². The van der Waals surface area contributed by atoms with Crippen molar-refractivity contribution in [2.24, 2.45) is 11.1 Å². The zero-order valence-corrected chi connectivity index (χ0v) is 14.7. The summed E-state index contributed by atoms with van der Waals surface area (Å²) in [7, 11) is 1.45. The lowest BCUT2D eigenvalue weighted by atomic mass is 9.90. The number of oxime groups is 1. The molecule has 6 heteroatoms. The second-order valence-electron chi connectivity index (χ2n) is 5.65. The molecular formula is C18H18ClNO4. The van der Waals surface area contributed by atoms with Crippen LogP contribution in [0.15, 0.2) is 46.7 Å². The molecule has 0 spiro atoms. The van der Waals surface area contributed by atoms with E-state index in [1.807, 2.05) is 13.8 Å². The Morgan fingerprint density at radius 3 is 2.58 bits per heavy atom. The molecule has 0 atom stereocenters. The van der Waals surface area contributed by atoms with Crippen LogP contribution >= 0.6 is 11.6 Å². The first-order valence-corrected chi connectivity index (χ1v) is 7.78. The van der Waals surface area contributed by atoms with E-state index in [-0.39, 0.29) is 17.3 Å². The van der Waals surface area contributed by atoms with E-state index >= 15 is 0 Å². The van der Waals surface area contributed by atoms with E-state index in [9.17, 15) is 9.59 Å². The van der Waals surface area contributed by atoms with E-state index in [0.717, 1.165) is 0 Å². The van der Waals surface area contributed by atoms with E-state index in [1.165, 1.54) is 19.3 Å². The maximum atomic E-state index is 12.2. The molecule has 5 nitrogen and oxygen atoms in total. The van der Waals surface area contributed by atoms with Gasteiger partial charge in [0.2, 0.25) is 0 Å². The lowest BCUT2D eigenvalue weighted by Crippen LogP contribution is -2.16. The van der Waals surface area contributed by atoms with E-state index in [1.54, 1.807) is 25.1 Å². The summed E-state index contributed by atoms with van der Waals surface area (Å²) in [6.07, 6.45) is 3.13. The first-order chi connectivity index (χ1) is 11.3. The molecule has 0 amide bonds. The average molecular weight is 348 g/mol. The summed E-state index contributed by atoms with van der Waals surface area (Å²) in [5.74, 6) is -0.347. The molecule has 1 aliphatic rings. The molecule has 1 aromatic carbocycles. The van der Waals surface area contributed by atoms with Crippen LogP contribution in [0.25, 0.3) is 0 Å². The number of carbonyl (C=O) groups excluding carboxylic acids is 2. The fourth-order valence-corrected chi connectivity index (χ4v) is 2.39. The summed E-state index contributed by atoms with van der Waals surface area (Å²) in [5.41, 5.74) is 1.87. The molecule has 1 aliphatic carbocycles. The normalized spacial score (nSPS) is 16.1. The van der Waals surface area contributed by atoms with Gasteiger partial charge in [-0.2, -0.15) is 0 Å². The van der Waals surface area contributed by atoms with Gasteiger partial charge in [-0.05, 0) is 48.8 Å². The summed E-state index contributed by atoms with van der Waals surface area (Å²) in [6, 6.07) is 4.64. The molecule has 0 aliphatic heterocycles. The van der Waals surface area contributed by atoms with E-state index in [0.29, 0.717) is 27.6 Å². The Hall–Kier alpha value is -2.40. The van der Waals surface area contributed by atoms with Gasteiger partial charge >= 0.3 is 5.97 Å². The Kier molecular flexibility index (Phi) is 5.57. The molecule has 0 bridgehead atoms. The number of allylic oxidation sites excluding steroid dienone is 4. The number of hydrogen-bond donors (Lipinski definition) is 0. The topological polar surface area (TPSA) is 65.0 Å². The SMILES string of the molecule is COc1ccc(Cl)cc1C(=O)ON=C1C=C(C(C)C)C(=O)C=C1C. The van der Waals surface area contributed by atoms with Gasteiger partial charge < -0.3 is 9.57 Å². The average Bonchev–Trinajstić information content (AvgIpc) is 2.53. The van der Waals surface area contributed by atoms with E-state index in [2.05, 4.69) is 5.16 Å². The van der Waals surface area contributed by atoms with Crippen LogP contribution in [0, 0.1) is 5.92 Å². The molecule has 0 N–H and O–H groups in total. The fourth-order valence-electron chi connectivity index (χ4n) is 2.22. The van der Waals surface area contributed by atoms with Gasteiger partial charge in [-0.3, -0.25) is 4.79 Å². The van der Waals surface area contributed by atoms with Crippen LogP contribution in [0.2, 0.25) is 5.02 Å². The van der Waals surface area contributed by atoms with Crippen LogP contribution in [0.4, 0.5) is 0 Å². The number of nitrogens with zero attached hydrogens (tertiary/aromatic N) is 1. The maximum absolute atomic E-state index is 12.2. The molecule has 0 saturated carbocycles. The molecule has 0 aromatic heterocycles.